The maximum atomic E-state index is 11.4. The van der Waals surface area contributed by atoms with Crippen molar-refractivity contribution in [3.63, 3.8) is 0 Å². The van der Waals surface area contributed by atoms with E-state index >= 15 is 0 Å². The van der Waals surface area contributed by atoms with Crippen LogP contribution in [0.1, 0.15) is 51.7 Å². The van der Waals surface area contributed by atoms with Crippen molar-refractivity contribution in [3.8, 4) is 22.6 Å². The van der Waals surface area contributed by atoms with E-state index in [0.717, 1.165) is 57.9 Å². The Bertz CT molecular complexity index is 1900. The molecule has 0 atom stereocenters. The van der Waals surface area contributed by atoms with E-state index in [9.17, 15) is 9.59 Å². The largest absolute Gasteiger partial charge is 0.496 e. The van der Waals surface area contributed by atoms with Gasteiger partial charge in [-0.15, -0.1) is 0 Å². The summed E-state index contributed by atoms with van der Waals surface area (Å²) in [6.07, 6.45) is 13.9. The normalized spacial score (nSPS) is 16.6. The maximum Gasteiger partial charge on any atom is 0.496 e. The standard InChI is InChI=1S/C15H16N4O2.C12H18BNO3.C9H10BrN3O/c1-21-13-6-12(7-17-9-13)11-5-10-3-2-4-19(15(16)20)14(10)18-8-11;1-11(2)12(3,4)17-13(16-11)9-6-10(15-5)8-14-7-9;10-7-4-6-2-1-3-13(9(11)14)8(6)12-5-7/h5-9H,2-4H2,1H3,(H2,16,20);6-8H,1-5H3;4-5H,1-3H2,(H2,11,14). The summed E-state index contributed by atoms with van der Waals surface area (Å²) in [7, 11) is 2.84. The van der Waals surface area contributed by atoms with E-state index in [2.05, 4.69) is 35.9 Å². The highest BCUT2D eigenvalue weighted by atomic mass is 79.9. The van der Waals surface area contributed by atoms with Crippen LogP contribution in [0.4, 0.5) is 21.2 Å². The average molecular weight is 776 g/mol. The van der Waals surface area contributed by atoms with Crippen LogP contribution >= 0.6 is 15.9 Å². The van der Waals surface area contributed by atoms with Crippen molar-refractivity contribution in [2.75, 3.05) is 37.1 Å². The Morgan fingerprint density at radius 1 is 0.731 bits per heavy atom. The van der Waals surface area contributed by atoms with Gasteiger partial charge in [-0.05, 0) is 105 Å². The van der Waals surface area contributed by atoms with Gasteiger partial charge in [0.05, 0.1) is 37.8 Å². The van der Waals surface area contributed by atoms with Crippen molar-refractivity contribution < 1.29 is 28.4 Å². The second-order valence-corrected chi connectivity index (χ2v) is 14.3. The predicted octanol–water partition coefficient (Wildman–Crippen LogP) is 5.05. The summed E-state index contributed by atoms with van der Waals surface area (Å²) in [5.41, 5.74) is 14.8. The summed E-state index contributed by atoms with van der Waals surface area (Å²) in [5.74, 6) is 2.77. The number of nitrogens with zero attached hydrogens (tertiary/aromatic N) is 6. The van der Waals surface area contributed by atoms with Gasteiger partial charge >= 0.3 is 19.2 Å². The quantitative estimate of drug-likeness (QED) is 0.267. The van der Waals surface area contributed by atoms with E-state index in [1.807, 2.05) is 52.0 Å². The van der Waals surface area contributed by atoms with Crippen LogP contribution in [-0.4, -0.2) is 77.6 Å². The molecule has 7 rings (SSSR count). The molecule has 0 unspecified atom stereocenters. The zero-order valence-electron chi connectivity index (χ0n) is 30.3. The number of aryl methyl sites for hydroxylation is 2. The molecule has 0 radical (unpaired) electrons. The lowest BCUT2D eigenvalue weighted by molar-refractivity contribution is 0.00578. The van der Waals surface area contributed by atoms with E-state index in [1.165, 1.54) is 9.80 Å². The number of primary amides is 2. The molecule has 3 aliphatic heterocycles. The first-order chi connectivity index (χ1) is 24.7. The van der Waals surface area contributed by atoms with E-state index in [1.54, 1.807) is 51.4 Å². The highest BCUT2D eigenvalue weighted by Gasteiger charge is 2.51. The van der Waals surface area contributed by atoms with Gasteiger partial charge in [0.1, 0.15) is 23.1 Å². The molecule has 14 nitrogen and oxygen atoms in total. The Morgan fingerprint density at radius 3 is 1.79 bits per heavy atom. The number of methoxy groups -OCH3 is 2. The lowest BCUT2D eigenvalue weighted by Crippen LogP contribution is -2.41. The Balaban J connectivity index is 0.000000154. The number of amides is 4. The van der Waals surface area contributed by atoms with Crippen LogP contribution in [0.5, 0.6) is 11.5 Å². The maximum absolute atomic E-state index is 11.4. The number of carbonyl (C=O) groups excluding carboxylic acids is 2. The third-order valence-corrected chi connectivity index (χ3v) is 9.76. The van der Waals surface area contributed by atoms with Crippen LogP contribution in [0.3, 0.4) is 0 Å². The van der Waals surface area contributed by atoms with Crippen molar-refractivity contribution in [3.05, 3.63) is 77.0 Å². The molecule has 0 bridgehead atoms. The Kier molecular flexibility index (Phi) is 12.0. The molecule has 7 heterocycles. The molecule has 0 spiro atoms. The zero-order valence-corrected chi connectivity index (χ0v) is 31.8. The molecule has 16 heteroatoms. The molecule has 0 aliphatic carbocycles. The number of hydrogen-bond donors (Lipinski definition) is 2. The fourth-order valence-corrected chi connectivity index (χ4v) is 6.21. The number of pyridine rings is 4. The van der Waals surface area contributed by atoms with Gasteiger partial charge in [0.15, 0.2) is 0 Å². The van der Waals surface area contributed by atoms with E-state index in [4.69, 9.17) is 30.2 Å². The molecule has 1 saturated heterocycles. The smallest absolute Gasteiger partial charge is 0.495 e. The second-order valence-electron chi connectivity index (χ2n) is 13.4. The first kappa shape index (κ1) is 38.4. The third-order valence-electron chi connectivity index (χ3n) is 9.33. The number of carbonyl (C=O) groups is 2. The first-order valence-electron chi connectivity index (χ1n) is 16.8. The predicted molar refractivity (Wildman–Crippen MR) is 203 cm³/mol. The number of fused-ring (bicyclic) bond motifs is 2. The van der Waals surface area contributed by atoms with E-state index in [-0.39, 0.29) is 18.3 Å². The highest BCUT2D eigenvalue weighted by Crippen LogP contribution is 2.36. The summed E-state index contributed by atoms with van der Waals surface area (Å²) in [6, 6.07) is 6.92. The van der Waals surface area contributed by atoms with Crippen molar-refractivity contribution in [1.82, 2.24) is 19.9 Å². The second kappa shape index (κ2) is 16.3. The zero-order chi connectivity index (χ0) is 37.6. The number of hydrogen-bond acceptors (Lipinski definition) is 10. The molecule has 4 aromatic rings. The van der Waals surface area contributed by atoms with E-state index < -0.39 is 12.1 Å². The summed E-state index contributed by atoms with van der Waals surface area (Å²) in [4.78, 5) is 42.4. The lowest BCUT2D eigenvalue weighted by Gasteiger charge is -2.32. The van der Waals surface area contributed by atoms with Gasteiger partial charge in [0.25, 0.3) is 0 Å². The fraction of sp³-hybridized carbons (Fsp3) is 0.389. The number of halogens is 1. The fourth-order valence-electron chi connectivity index (χ4n) is 5.83. The molecular weight excluding hydrogens is 731 g/mol. The monoisotopic (exact) mass is 774 g/mol. The van der Waals surface area contributed by atoms with Gasteiger partial charge in [-0.25, -0.2) is 19.6 Å². The molecular formula is C36H44BBrN8O6. The number of nitrogens with two attached hydrogens (primary N) is 2. The number of ether oxygens (including phenoxy) is 2. The first-order valence-corrected chi connectivity index (χ1v) is 17.6. The summed E-state index contributed by atoms with van der Waals surface area (Å²) < 4.78 is 23.1. The average Bonchev–Trinajstić information content (AvgIpc) is 3.36. The molecule has 52 heavy (non-hydrogen) atoms. The van der Waals surface area contributed by atoms with E-state index in [0.29, 0.717) is 36.2 Å². The van der Waals surface area contributed by atoms with Crippen LogP contribution in [0.15, 0.2) is 65.9 Å². The molecule has 0 saturated carbocycles. The minimum absolute atomic E-state index is 0.333. The minimum Gasteiger partial charge on any atom is -0.495 e. The van der Waals surface area contributed by atoms with Crippen molar-refractivity contribution in [1.29, 1.82) is 0 Å². The van der Waals surface area contributed by atoms with Crippen LogP contribution in [0.2, 0.25) is 0 Å². The molecule has 274 valence electrons. The van der Waals surface area contributed by atoms with Crippen LogP contribution < -0.4 is 36.2 Å². The van der Waals surface area contributed by atoms with Gasteiger partial charge < -0.3 is 30.2 Å². The summed E-state index contributed by atoms with van der Waals surface area (Å²) >= 11 is 3.35. The van der Waals surface area contributed by atoms with Gasteiger partial charge in [-0.1, -0.05) is 0 Å². The van der Waals surface area contributed by atoms with Crippen LogP contribution in [-0.2, 0) is 22.2 Å². The van der Waals surface area contributed by atoms with Crippen LogP contribution in [0.25, 0.3) is 11.1 Å². The van der Waals surface area contributed by atoms with Gasteiger partial charge in [0, 0.05) is 58.9 Å². The highest BCUT2D eigenvalue weighted by molar-refractivity contribution is 9.10. The Labute approximate surface area is 312 Å². The van der Waals surface area contributed by atoms with Crippen LogP contribution in [0, 0.1) is 0 Å². The number of urea groups is 2. The molecule has 1 fully saturated rings. The SMILES string of the molecule is COc1cncc(-c2cnc3c(c2)CCCN3C(N)=O)c1.COc1cncc(B2OC(C)(C)C(C)(C)O2)c1.NC(=O)N1CCCc2cc(Br)cnc21. The Morgan fingerprint density at radius 2 is 1.23 bits per heavy atom. The molecule has 4 aromatic heterocycles. The summed E-state index contributed by atoms with van der Waals surface area (Å²) in [5, 5.41) is 0. The molecule has 3 aliphatic rings. The molecule has 4 amide bonds. The van der Waals surface area contributed by atoms with Gasteiger partial charge in [0.2, 0.25) is 0 Å². The third kappa shape index (κ3) is 8.80. The number of rotatable bonds is 4. The molecule has 4 N–H and O–H groups in total. The van der Waals surface area contributed by atoms with Crippen molar-refractivity contribution in [2.24, 2.45) is 11.5 Å². The molecule has 0 aromatic carbocycles. The lowest BCUT2D eigenvalue weighted by atomic mass is 9.80. The minimum atomic E-state index is -0.459. The van der Waals surface area contributed by atoms with Crippen molar-refractivity contribution >= 4 is 52.2 Å². The number of aromatic nitrogens is 4. The Hall–Kier alpha value is -4.80. The summed E-state index contributed by atoms with van der Waals surface area (Å²) in [6.45, 7) is 9.40. The van der Waals surface area contributed by atoms with Crippen molar-refractivity contribution in [2.45, 2.75) is 64.6 Å². The number of anilines is 2. The van der Waals surface area contributed by atoms with Gasteiger partial charge in [-0.2, -0.15) is 0 Å². The topological polar surface area (TPSA) is 181 Å². The van der Waals surface area contributed by atoms with Gasteiger partial charge in [-0.3, -0.25) is 19.8 Å².